The molecule has 0 radical (unpaired) electrons. The normalized spacial score (nSPS) is 10.4. The number of carboxylic acid groups (broad SMARTS) is 1. The summed E-state index contributed by atoms with van der Waals surface area (Å²) in [4.78, 5) is 29.5. The van der Waals surface area contributed by atoms with Gasteiger partial charge in [-0.1, -0.05) is 5.16 Å². The third kappa shape index (κ3) is 2.94. The van der Waals surface area contributed by atoms with E-state index in [4.69, 9.17) is 9.63 Å². The number of aryl methyl sites for hydroxylation is 1. The van der Waals surface area contributed by atoms with E-state index < -0.39 is 18.4 Å². The number of aromatic nitrogens is 3. The molecule has 2 aromatic heterocycles. The molecular weight excluding hydrogens is 254 g/mol. The van der Waals surface area contributed by atoms with Gasteiger partial charge in [0.1, 0.15) is 24.1 Å². The second-order valence-corrected chi connectivity index (χ2v) is 3.69. The predicted octanol–water partition coefficient (Wildman–Crippen LogP) is -0.461. The number of anilines is 1. The molecule has 0 saturated carbocycles. The molecule has 100 valence electrons. The first-order chi connectivity index (χ1) is 9.08. The lowest BCUT2D eigenvalue weighted by molar-refractivity contribution is -0.137. The first-order valence-corrected chi connectivity index (χ1v) is 5.37. The molecule has 2 rings (SSSR count). The van der Waals surface area contributed by atoms with Crippen LogP contribution in [0.2, 0.25) is 0 Å². The lowest BCUT2D eigenvalue weighted by Crippen LogP contribution is -2.34. The van der Waals surface area contributed by atoms with Crippen LogP contribution < -0.4 is 10.6 Å². The van der Waals surface area contributed by atoms with E-state index in [2.05, 4.69) is 25.8 Å². The number of aliphatic carboxylic acids is 1. The number of hydrogen-bond donors (Lipinski definition) is 3. The highest BCUT2D eigenvalue weighted by Gasteiger charge is 2.12. The van der Waals surface area contributed by atoms with Crippen molar-refractivity contribution in [1.82, 2.24) is 20.4 Å². The molecule has 0 unspecified atom stereocenters. The van der Waals surface area contributed by atoms with Crippen LogP contribution in [0.5, 0.6) is 0 Å². The van der Waals surface area contributed by atoms with Crippen molar-refractivity contribution >= 4 is 28.8 Å². The van der Waals surface area contributed by atoms with Crippen molar-refractivity contribution in [2.75, 3.05) is 18.4 Å². The molecule has 3 N–H and O–H groups in total. The molecule has 2 heterocycles. The molecule has 0 fully saturated rings. The highest BCUT2D eigenvalue weighted by molar-refractivity contribution is 5.90. The lowest BCUT2D eigenvalue weighted by Gasteiger charge is -2.05. The molecule has 1 amide bonds. The molecule has 0 aliphatic heterocycles. The minimum atomic E-state index is -1.10. The van der Waals surface area contributed by atoms with Crippen molar-refractivity contribution in [3.8, 4) is 0 Å². The maximum Gasteiger partial charge on any atom is 0.322 e. The van der Waals surface area contributed by atoms with Gasteiger partial charge < -0.3 is 20.3 Å². The molecule has 0 spiro atoms. The van der Waals surface area contributed by atoms with Gasteiger partial charge >= 0.3 is 5.97 Å². The molecule has 9 nitrogen and oxygen atoms in total. The van der Waals surface area contributed by atoms with E-state index in [9.17, 15) is 9.59 Å². The van der Waals surface area contributed by atoms with Gasteiger partial charge in [0.25, 0.3) is 5.71 Å². The Balaban J connectivity index is 2.03. The van der Waals surface area contributed by atoms with Gasteiger partial charge in [0.05, 0.1) is 12.2 Å². The van der Waals surface area contributed by atoms with E-state index in [1.165, 1.54) is 6.33 Å². The minimum Gasteiger partial charge on any atom is -0.480 e. The van der Waals surface area contributed by atoms with Crippen molar-refractivity contribution < 1.29 is 19.2 Å². The van der Waals surface area contributed by atoms with Crippen LogP contribution in [-0.4, -0.2) is 45.2 Å². The Kier molecular flexibility index (Phi) is 3.55. The molecule has 0 aliphatic rings. The number of carboxylic acids is 1. The second kappa shape index (κ2) is 5.29. The highest BCUT2D eigenvalue weighted by atomic mass is 16.5. The number of carbonyl (C=O) groups excluding carboxylic acids is 1. The van der Waals surface area contributed by atoms with Crippen LogP contribution >= 0.6 is 0 Å². The fourth-order valence-corrected chi connectivity index (χ4v) is 1.46. The maximum absolute atomic E-state index is 11.4. The van der Waals surface area contributed by atoms with Crippen molar-refractivity contribution in [2.24, 2.45) is 0 Å². The Bertz CT molecular complexity index is 623. The summed E-state index contributed by atoms with van der Waals surface area (Å²) in [5, 5.41) is 17.8. The molecule has 2 aromatic rings. The molecule has 0 bridgehead atoms. The summed E-state index contributed by atoms with van der Waals surface area (Å²) in [5.41, 5.74) is 0.921. The summed E-state index contributed by atoms with van der Waals surface area (Å²) < 4.78 is 4.96. The topological polar surface area (TPSA) is 130 Å². The van der Waals surface area contributed by atoms with Crippen LogP contribution in [0.15, 0.2) is 10.9 Å². The zero-order valence-electron chi connectivity index (χ0n) is 10.0. The molecular formula is C10H11N5O4. The van der Waals surface area contributed by atoms with Gasteiger partial charge in [-0.25, -0.2) is 4.98 Å². The average molecular weight is 265 g/mol. The van der Waals surface area contributed by atoms with Crippen LogP contribution in [0.1, 0.15) is 5.69 Å². The van der Waals surface area contributed by atoms with Gasteiger partial charge in [0, 0.05) is 0 Å². The van der Waals surface area contributed by atoms with Crippen LogP contribution in [0, 0.1) is 6.92 Å². The number of hydrogen-bond acceptors (Lipinski definition) is 7. The van der Waals surface area contributed by atoms with Gasteiger partial charge in [-0.3, -0.25) is 9.59 Å². The van der Waals surface area contributed by atoms with E-state index >= 15 is 0 Å². The van der Waals surface area contributed by atoms with Gasteiger partial charge in [-0.2, -0.15) is 4.98 Å². The molecule has 19 heavy (non-hydrogen) atoms. The van der Waals surface area contributed by atoms with E-state index in [-0.39, 0.29) is 6.54 Å². The van der Waals surface area contributed by atoms with Gasteiger partial charge in [0.2, 0.25) is 5.91 Å². The first kappa shape index (κ1) is 12.7. The van der Waals surface area contributed by atoms with E-state index in [1.807, 2.05) is 0 Å². The van der Waals surface area contributed by atoms with Crippen LogP contribution in [0.4, 0.5) is 5.82 Å². The second-order valence-electron chi connectivity index (χ2n) is 3.69. The summed E-state index contributed by atoms with van der Waals surface area (Å²) in [5.74, 6) is -1.15. The summed E-state index contributed by atoms with van der Waals surface area (Å²) in [6.45, 7) is 1.20. The molecule has 0 aromatic carbocycles. The molecule has 9 heteroatoms. The number of amides is 1. The zero-order chi connectivity index (χ0) is 13.8. The van der Waals surface area contributed by atoms with Gasteiger partial charge in [0.15, 0.2) is 0 Å². The summed E-state index contributed by atoms with van der Waals surface area (Å²) in [6.07, 6.45) is 1.28. The monoisotopic (exact) mass is 265 g/mol. The van der Waals surface area contributed by atoms with Crippen LogP contribution in [0.3, 0.4) is 0 Å². The predicted molar refractivity (Wildman–Crippen MR) is 63.5 cm³/mol. The van der Waals surface area contributed by atoms with Crippen molar-refractivity contribution in [2.45, 2.75) is 6.92 Å². The average Bonchev–Trinajstić information content (AvgIpc) is 2.76. The van der Waals surface area contributed by atoms with E-state index in [0.717, 1.165) is 0 Å². The Morgan fingerprint density at radius 1 is 1.37 bits per heavy atom. The minimum absolute atomic E-state index is 0.107. The maximum atomic E-state index is 11.4. The summed E-state index contributed by atoms with van der Waals surface area (Å²) >= 11 is 0. The van der Waals surface area contributed by atoms with Crippen molar-refractivity contribution in [3.63, 3.8) is 0 Å². The van der Waals surface area contributed by atoms with Crippen molar-refractivity contribution in [1.29, 1.82) is 0 Å². The fourth-order valence-electron chi connectivity index (χ4n) is 1.46. The largest absolute Gasteiger partial charge is 0.480 e. The number of carbonyl (C=O) groups is 2. The van der Waals surface area contributed by atoms with Crippen LogP contribution in [-0.2, 0) is 9.59 Å². The quantitative estimate of drug-likeness (QED) is 0.662. The first-order valence-electron chi connectivity index (χ1n) is 5.37. The van der Waals surface area contributed by atoms with Crippen LogP contribution in [0.25, 0.3) is 11.1 Å². The smallest absolute Gasteiger partial charge is 0.322 e. The van der Waals surface area contributed by atoms with E-state index in [0.29, 0.717) is 22.6 Å². The Hall–Kier alpha value is -2.71. The van der Waals surface area contributed by atoms with Gasteiger partial charge in [-0.15, -0.1) is 0 Å². The number of nitrogens with one attached hydrogen (secondary N) is 2. The third-order valence-corrected chi connectivity index (χ3v) is 2.30. The Morgan fingerprint density at radius 2 is 2.16 bits per heavy atom. The summed E-state index contributed by atoms with van der Waals surface area (Å²) in [6, 6.07) is 0. The number of nitrogens with zero attached hydrogens (tertiary/aromatic N) is 3. The number of fused-ring (bicyclic) bond motifs is 1. The Labute approximate surface area is 107 Å². The van der Waals surface area contributed by atoms with E-state index in [1.54, 1.807) is 6.92 Å². The number of rotatable bonds is 5. The van der Waals surface area contributed by atoms with Gasteiger partial charge in [-0.05, 0) is 6.92 Å². The summed E-state index contributed by atoms with van der Waals surface area (Å²) in [7, 11) is 0. The highest BCUT2D eigenvalue weighted by Crippen LogP contribution is 2.21. The third-order valence-electron chi connectivity index (χ3n) is 2.30. The fraction of sp³-hybridized carbons (Fsp3) is 0.300. The lowest BCUT2D eigenvalue weighted by atomic mass is 10.3. The molecule has 0 saturated heterocycles. The molecule has 0 aliphatic carbocycles. The zero-order valence-corrected chi connectivity index (χ0v) is 10.0. The SMILES string of the molecule is Cc1noc2ncnc(NCC(=O)NCC(=O)O)c12. The van der Waals surface area contributed by atoms with Crippen molar-refractivity contribution in [3.05, 3.63) is 12.0 Å². The molecule has 0 atom stereocenters. The Morgan fingerprint density at radius 3 is 2.89 bits per heavy atom. The standard InChI is InChI=1S/C10H11N5O4/c1-5-8-9(13-4-14-10(8)19-15-5)12-2-6(16)11-3-7(17)18/h4H,2-3H2,1H3,(H,11,16)(H,17,18)(H,12,13,14).